The maximum atomic E-state index is 12.7. The van der Waals surface area contributed by atoms with Crippen LogP contribution in [-0.2, 0) is 11.2 Å². The Labute approximate surface area is 126 Å². The number of benzene rings is 2. The first kappa shape index (κ1) is 13.9. The number of carbonyl (C=O) groups is 1. The quantitative estimate of drug-likeness (QED) is 0.832. The maximum Gasteiger partial charge on any atom is 0.226 e. The van der Waals surface area contributed by atoms with Crippen molar-refractivity contribution in [3.05, 3.63) is 71.8 Å². The van der Waals surface area contributed by atoms with E-state index in [1.807, 2.05) is 41.3 Å². The molecule has 108 valence electrons. The van der Waals surface area contributed by atoms with E-state index in [1.165, 1.54) is 11.1 Å². The van der Waals surface area contributed by atoms with E-state index in [-0.39, 0.29) is 12.0 Å². The average Bonchev–Trinajstić information content (AvgIpc) is 2.89. The van der Waals surface area contributed by atoms with Crippen LogP contribution in [0.1, 0.15) is 30.5 Å². The molecule has 1 aliphatic heterocycles. The second-order valence-electron chi connectivity index (χ2n) is 5.79. The van der Waals surface area contributed by atoms with Gasteiger partial charge in [0.2, 0.25) is 5.91 Å². The first-order chi connectivity index (χ1) is 10.3. The fourth-order valence-electron chi connectivity index (χ4n) is 3.15. The van der Waals surface area contributed by atoms with Crippen LogP contribution in [0.15, 0.2) is 60.7 Å². The van der Waals surface area contributed by atoms with Crippen molar-refractivity contribution in [2.75, 3.05) is 6.54 Å². The van der Waals surface area contributed by atoms with Gasteiger partial charge in [-0.05, 0) is 30.9 Å². The van der Waals surface area contributed by atoms with Crippen LogP contribution >= 0.6 is 0 Å². The van der Waals surface area contributed by atoms with Gasteiger partial charge in [0.15, 0.2) is 0 Å². The van der Waals surface area contributed by atoms with Gasteiger partial charge in [-0.3, -0.25) is 4.79 Å². The van der Waals surface area contributed by atoms with Crippen molar-refractivity contribution < 1.29 is 4.79 Å². The molecule has 1 heterocycles. The fourth-order valence-corrected chi connectivity index (χ4v) is 3.15. The Balaban J connectivity index is 1.69. The summed E-state index contributed by atoms with van der Waals surface area (Å²) < 4.78 is 0. The van der Waals surface area contributed by atoms with Crippen molar-refractivity contribution in [3.63, 3.8) is 0 Å². The third-order valence-electron chi connectivity index (χ3n) is 4.43. The molecule has 0 aliphatic carbocycles. The molecular formula is C19H21NO. The molecule has 0 N–H and O–H groups in total. The van der Waals surface area contributed by atoms with Crippen molar-refractivity contribution in [1.82, 2.24) is 4.90 Å². The molecule has 1 fully saturated rings. The fraction of sp³-hybridized carbons (Fsp3) is 0.316. The highest BCUT2D eigenvalue weighted by molar-refractivity contribution is 5.81. The Kier molecular flexibility index (Phi) is 4.05. The number of likely N-dealkylation sites (tertiary alicyclic amines) is 1. The van der Waals surface area contributed by atoms with Crippen LogP contribution in [-0.4, -0.2) is 17.4 Å². The standard InChI is InChI=1S/C19H21NO/c1-15(17-10-6-3-7-11-17)20-13-12-18(19(20)21)14-16-8-4-2-5-9-16/h2-11,15,18H,12-14H2,1H3/t15-,18-/m0/s1. The summed E-state index contributed by atoms with van der Waals surface area (Å²) in [6, 6.07) is 20.8. The second-order valence-corrected chi connectivity index (χ2v) is 5.79. The van der Waals surface area contributed by atoms with Gasteiger partial charge >= 0.3 is 0 Å². The molecule has 0 bridgehead atoms. The zero-order valence-corrected chi connectivity index (χ0v) is 12.4. The van der Waals surface area contributed by atoms with E-state index < -0.39 is 0 Å². The molecule has 2 aromatic rings. The van der Waals surface area contributed by atoms with Crippen molar-refractivity contribution in [1.29, 1.82) is 0 Å². The summed E-state index contributed by atoms with van der Waals surface area (Å²) in [4.78, 5) is 14.7. The number of carbonyl (C=O) groups excluding carboxylic acids is 1. The van der Waals surface area contributed by atoms with Crippen LogP contribution in [0, 0.1) is 5.92 Å². The van der Waals surface area contributed by atoms with Crippen LogP contribution in [0.4, 0.5) is 0 Å². The van der Waals surface area contributed by atoms with Crippen LogP contribution in [0.5, 0.6) is 0 Å². The molecule has 0 radical (unpaired) electrons. The SMILES string of the molecule is C[C@@H](c1ccccc1)N1CC[C@@H](Cc2ccccc2)C1=O. The van der Waals surface area contributed by atoms with Crippen molar-refractivity contribution in [2.24, 2.45) is 5.92 Å². The molecule has 0 spiro atoms. The molecule has 1 aliphatic rings. The summed E-state index contributed by atoms with van der Waals surface area (Å²) in [5, 5.41) is 0. The third-order valence-corrected chi connectivity index (χ3v) is 4.43. The Hall–Kier alpha value is -2.09. The smallest absolute Gasteiger partial charge is 0.226 e. The molecule has 1 saturated heterocycles. The molecule has 2 nitrogen and oxygen atoms in total. The minimum Gasteiger partial charge on any atom is -0.336 e. The molecule has 3 rings (SSSR count). The van der Waals surface area contributed by atoms with Crippen LogP contribution in [0.3, 0.4) is 0 Å². The molecule has 2 aromatic carbocycles. The van der Waals surface area contributed by atoms with Gasteiger partial charge < -0.3 is 4.90 Å². The summed E-state index contributed by atoms with van der Waals surface area (Å²) in [6.07, 6.45) is 1.82. The van der Waals surface area contributed by atoms with Gasteiger partial charge in [0.1, 0.15) is 0 Å². The summed E-state index contributed by atoms with van der Waals surface area (Å²) in [5.41, 5.74) is 2.47. The number of nitrogens with zero attached hydrogens (tertiary/aromatic N) is 1. The van der Waals surface area contributed by atoms with E-state index in [1.54, 1.807) is 0 Å². The topological polar surface area (TPSA) is 20.3 Å². The van der Waals surface area contributed by atoms with Gasteiger partial charge in [0.25, 0.3) is 0 Å². The van der Waals surface area contributed by atoms with Gasteiger partial charge in [-0.2, -0.15) is 0 Å². The summed E-state index contributed by atoms with van der Waals surface area (Å²) in [5.74, 6) is 0.439. The molecule has 0 unspecified atom stereocenters. The Morgan fingerprint density at radius 2 is 1.67 bits per heavy atom. The van der Waals surface area contributed by atoms with Gasteiger partial charge in [0.05, 0.1) is 6.04 Å². The van der Waals surface area contributed by atoms with E-state index >= 15 is 0 Å². The Bertz CT molecular complexity index is 593. The van der Waals surface area contributed by atoms with Gasteiger partial charge in [-0.1, -0.05) is 60.7 Å². The average molecular weight is 279 g/mol. The van der Waals surface area contributed by atoms with E-state index in [9.17, 15) is 4.79 Å². The zero-order chi connectivity index (χ0) is 14.7. The summed E-state index contributed by atoms with van der Waals surface area (Å²) in [6.45, 7) is 2.99. The maximum absolute atomic E-state index is 12.7. The van der Waals surface area contributed by atoms with Crippen LogP contribution in [0.2, 0.25) is 0 Å². The highest BCUT2D eigenvalue weighted by Gasteiger charge is 2.34. The molecule has 0 saturated carbocycles. The van der Waals surface area contributed by atoms with Gasteiger partial charge in [0, 0.05) is 12.5 Å². The minimum atomic E-state index is 0.138. The van der Waals surface area contributed by atoms with E-state index in [2.05, 4.69) is 31.2 Å². The number of rotatable bonds is 4. The lowest BCUT2D eigenvalue weighted by atomic mass is 9.98. The Morgan fingerprint density at radius 3 is 2.33 bits per heavy atom. The highest BCUT2D eigenvalue weighted by Crippen LogP contribution is 2.30. The number of amides is 1. The van der Waals surface area contributed by atoms with Crippen molar-refractivity contribution >= 4 is 5.91 Å². The van der Waals surface area contributed by atoms with Crippen molar-refractivity contribution in [3.8, 4) is 0 Å². The highest BCUT2D eigenvalue weighted by atomic mass is 16.2. The monoisotopic (exact) mass is 279 g/mol. The van der Waals surface area contributed by atoms with E-state index in [0.29, 0.717) is 5.91 Å². The molecule has 2 heteroatoms. The molecule has 2 atom stereocenters. The summed E-state index contributed by atoms with van der Waals surface area (Å²) >= 11 is 0. The normalized spacial score (nSPS) is 19.8. The lowest BCUT2D eigenvalue weighted by Gasteiger charge is -2.25. The second kappa shape index (κ2) is 6.13. The van der Waals surface area contributed by atoms with E-state index in [0.717, 1.165) is 19.4 Å². The largest absolute Gasteiger partial charge is 0.336 e. The van der Waals surface area contributed by atoms with Crippen LogP contribution < -0.4 is 0 Å². The lowest BCUT2D eigenvalue weighted by Crippen LogP contribution is -2.30. The molecule has 0 aromatic heterocycles. The lowest BCUT2D eigenvalue weighted by molar-refractivity contribution is -0.132. The molecular weight excluding hydrogens is 258 g/mol. The Morgan fingerprint density at radius 1 is 1.05 bits per heavy atom. The molecule has 21 heavy (non-hydrogen) atoms. The summed E-state index contributed by atoms with van der Waals surface area (Å²) in [7, 11) is 0. The van der Waals surface area contributed by atoms with Crippen molar-refractivity contribution in [2.45, 2.75) is 25.8 Å². The molecule has 1 amide bonds. The van der Waals surface area contributed by atoms with Crippen LogP contribution in [0.25, 0.3) is 0 Å². The number of hydrogen-bond acceptors (Lipinski definition) is 1. The predicted molar refractivity (Wildman–Crippen MR) is 84.8 cm³/mol. The van der Waals surface area contributed by atoms with E-state index in [4.69, 9.17) is 0 Å². The minimum absolute atomic E-state index is 0.138. The van der Waals surface area contributed by atoms with Gasteiger partial charge in [-0.15, -0.1) is 0 Å². The first-order valence-corrected chi connectivity index (χ1v) is 7.65. The van der Waals surface area contributed by atoms with Gasteiger partial charge in [-0.25, -0.2) is 0 Å². The number of hydrogen-bond donors (Lipinski definition) is 0. The predicted octanol–water partition coefficient (Wildman–Crippen LogP) is 3.84. The zero-order valence-electron chi connectivity index (χ0n) is 12.4. The first-order valence-electron chi connectivity index (χ1n) is 7.65. The third kappa shape index (κ3) is 2.99.